The molecule has 0 saturated carbocycles. The van der Waals surface area contributed by atoms with E-state index < -0.39 is 5.23 Å². The molecule has 6 heteroatoms. The second kappa shape index (κ2) is 4.93. The third-order valence-corrected chi connectivity index (χ3v) is 2.13. The van der Waals surface area contributed by atoms with Gasteiger partial charge in [0.05, 0.1) is 19.8 Å². The lowest BCUT2D eigenvalue weighted by Crippen LogP contribution is -2.99. The molecule has 0 radical (unpaired) electrons. The van der Waals surface area contributed by atoms with Gasteiger partial charge in [0, 0.05) is 12.1 Å². The van der Waals surface area contributed by atoms with Gasteiger partial charge in [-0.2, -0.15) is 5.23 Å². The zero-order valence-corrected chi connectivity index (χ0v) is 9.23. The standard InChI is InChI=1S/C10H13NO5/c1-6(12)7-4-9(15-2)10(16-3)5-8(7)11(13)14/h4-5,11,13H,1-3H3. The van der Waals surface area contributed by atoms with Crippen molar-refractivity contribution in [3.8, 4) is 11.5 Å². The van der Waals surface area contributed by atoms with Crippen LogP contribution >= 0.6 is 0 Å². The Balaban J connectivity index is 3.41. The van der Waals surface area contributed by atoms with Crippen molar-refractivity contribution in [2.75, 3.05) is 14.2 Å². The number of hydrogen-bond acceptors (Lipinski definition) is 5. The Morgan fingerprint density at radius 1 is 1.31 bits per heavy atom. The van der Waals surface area contributed by atoms with E-state index in [2.05, 4.69) is 0 Å². The Labute approximate surface area is 92.5 Å². The van der Waals surface area contributed by atoms with Crippen LogP contribution in [-0.2, 0) is 0 Å². The first-order valence-electron chi connectivity index (χ1n) is 4.51. The van der Waals surface area contributed by atoms with Gasteiger partial charge in [-0.05, 0) is 6.92 Å². The number of quaternary nitrogens is 1. The van der Waals surface area contributed by atoms with Crippen LogP contribution in [0.1, 0.15) is 17.3 Å². The van der Waals surface area contributed by atoms with Crippen LogP contribution in [0, 0.1) is 5.21 Å². The first-order chi connectivity index (χ1) is 7.51. The molecule has 1 rings (SSSR count). The third-order valence-electron chi connectivity index (χ3n) is 2.13. The van der Waals surface area contributed by atoms with Gasteiger partial charge in [0.15, 0.2) is 23.0 Å². The van der Waals surface area contributed by atoms with E-state index in [1.165, 1.54) is 33.3 Å². The van der Waals surface area contributed by atoms with Crippen molar-refractivity contribution in [2.24, 2.45) is 0 Å². The summed E-state index contributed by atoms with van der Waals surface area (Å²) in [6, 6.07) is 2.64. The number of carbonyl (C=O) groups is 1. The second-order valence-corrected chi connectivity index (χ2v) is 3.11. The van der Waals surface area contributed by atoms with Crippen molar-refractivity contribution < 1.29 is 24.7 Å². The molecular formula is C10H13NO5. The van der Waals surface area contributed by atoms with E-state index in [-0.39, 0.29) is 22.8 Å². The molecule has 0 heterocycles. The number of methoxy groups -OCH3 is 2. The molecule has 2 N–H and O–H groups in total. The number of hydrogen-bond donors (Lipinski definition) is 2. The average Bonchev–Trinajstić information content (AvgIpc) is 2.26. The molecule has 0 fully saturated rings. The van der Waals surface area contributed by atoms with E-state index in [0.717, 1.165) is 0 Å². The van der Waals surface area contributed by atoms with Gasteiger partial charge in [0.2, 0.25) is 0 Å². The maximum atomic E-state index is 11.3. The average molecular weight is 227 g/mol. The van der Waals surface area contributed by atoms with Crippen molar-refractivity contribution >= 4 is 11.5 Å². The lowest BCUT2D eigenvalue weighted by molar-refractivity contribution is -0.991. The summed E-state index contributed by atoms with van der Waals surface area (Å²) in [5.74, 6) is 0.279. The monoisotopic (exact) mass is 227 g/mol. The van der Waals surface area contributed by atoms with Gasteiger partial charge in [-0.3, -0.25) is 4.79 Å². The van der Waals surface area contributed by atoms with Crippen LogP contribution < -0.4 is 14.7 Å². The summed E-state index contributed by atoms with van der Waals surface area (Å²) in [6.45, 7) is 1.30. The van der Waals surface area contributed by atoms with Crippen LogP contribution in [0.5, 0.6) is 11.5 Å². The van der Waals surface area contributed by atoms with E-state index in [0.29, 0.717) is 5.75 Å². The molecule has 0 aliphatic carbocycles. The number of rotatable bonds is 4. The number of benzene rings is 1. The zero-order chi connectivity index (χ0) is 12.3. The van der Waals surface area contributed by atoms with Crippen molar-refractivity contribution in [2.45, 2.75) is 6.92 Å². The lowest BCUT2D eigenvalue weighted by Gasteiger charge is -2.17. The summed E-state index contributed by atoms with van der Waals surface area (Å²) in [5.41, 5.74) is 0.00954. The smallest absolute Gasteiger partial charge is 0.178 e. The molecular weight excluding hydrogens is 214 g/mol. The molecule has 88 valence electrons. The minimum atomic E-state index is -1.17. The fraction of sp³-hybridized carbons (Fsp3) is 0.300. The van der Waals surface area contributed by atoms with E-state index in [1.54, 1.807) is 0 Å². The number of carbonyl (C=O) groups excluding carboxylic acids is 1. The molecule has 1 unspecified atom stereocenters. The van der Waals surface area contributed by atoms with E-state index in [1.807, 2.05) is 0 Å². The summed E-state index contributed by atoms with van der Waals surface area (Å²) in [4.78, 5) is 11.3. The lowest BCUT2D eigenvalue weighted by atomic mass is 10.1. The summed E-state index contributed by atoms with van der Waals surface area (Å²) >= 11 is 0. The number of ketones is 1. The summed E-state index contributed by atoms with van der Waals surface area (Å²) in [7, 11) is 2.82. The van der Waals surface area contributed by atoms with Crippen LogP contribution in [-0.4, -0.2) is 25.2 Å². The highest BCUT2D eigenvalue weighted by molar-refractivity contribution is 5.98. The molecule has 0 saturated heterocycles. The zero-order valence-electron chi connectivity index (χ0n) is 9.23. The largest absolute Gasteiger partial charge is 0.595 e. The number of ether oxygens (including phenoxy) is 2. The third kappa shape index (κ3) is 2.30. The van der Waals surface area contributed by atoms with Gasteiger partial charge in [-0.1, -0.05) is 0 Å². The van der Waals surface area contributed by atoms with Gasteiger partial charge in [-0.25, -0.2) is 5.21 Å². The summed E-state index contributed by atoms with van der Waals surface area (Å²) < 4.78 is 9.95. The topological polar surface area (TPSA) is 83.3 Å². The summed E-state index contributed by atoms with van der Waals surface area (Å²) in [6.07, 6.45) is 0. The highest BCUT2D eigenvalue weighted by atomic mass is 16.8. The van der Waals surface area contributed by atoms with Gasteiger partial charge in [0.25, 0.3) is 0 Å². The van der Waals surface area contributed by atoms with Crippen LogP contribution in [0.25, 0.3) is 0 Å². The molecule has 0 aliphatic heterocycles. The van der Waals surface area contributed by atoms with Gasteiger partial charge in [-0.15, -0.1) is 0 Å². The van der Waals surface area contributed by atoms with Crippen molar-refractivity contribution in [3.63, 3.8) is 0 Å². The Kier molecular flexibility index (Phi) is 3.83. The van der Waals surface area contributed by atoms with Crippen LogP contribution in [0.4, 0.5) is 5.69 Å². The highest BCUT2D eigenvalue weighted by Gasteiger charge is 2.18. The predicted molar refractivity (Wildman–Crippen MR) is 55.3 cm³/mol. The minimum absolute atomic E-state index is 0.0925. The van der Waals surface area contributed by atoms with E-state index >= 15 is 0 Å². The predicted octanol–water partition coefficient (Wildman–Crippen LogP) is 0.310. The molecule has 0 aromatic heterocycles. The van der Waals surface area contributed by atoms with E-state index in [4.69, 9.17) is 14.7 Å². The first-order valence-corrected chi connectivity index (χ1v) is 4.51. The SMILES string of the molecule is COc1cc(C(C)=O)c([NH+]([O-])O)cc1OC. The van der Waals surface area contributed by atoms with E-state index in [9.17, 15) is 10.0 Å². The van der Waals surface area contributed by atoms with Crippen molar-refractivity contribution in [3.05, 3.63) is 22.9 Å². The Morgan fingerprint density at radius 2 is 1.81 bits per heavy atom. The first kappa shape index (κ1) is 12.4. The number of nitrogens with one attached hydrogen (secondary N) is 1. The maximum Gasteiger partial charge on any atom is 0.178 e. The molecule has 0 amide bonds. The molecule has 1 aromatic carbocycles. The van der Waals surface area contributed by atoms with Crippen molar-refractivity contribution in [1.82, 2.24) is 0 Å². The normalized spacial score (nSPS) is 12.1. The molecule has 1 aromatic rings. The van der Waals surface area contributed by atoms with Gasteiger partial charge in [0.1, 0.15) is 0 Å². The quantitative estimate of drug-likeness (QED) is 0.571. The van der Waals surface area contributed by atoms with Crippen LogP contribution in [0.2, 0.25) is 0 Å². The van der Waals surface area contributed by atoms with Crippen LogP contribution in [0.15, 0.2) is 12.1 Å². The highest BCUT2D eigenvalue weighted by Crippen LogP contribution is 2.31. The molecule has 1 atom stereocenters. The second-order valence-electron chi connectivity index (χ2n) is 3.11. The number of Topliss-reactive ketones (excluding diaryl/α,β-unsaturated/α-hetero) is 1. The molecule has 0 aliphatic rings. The fourth-order valence-electron chi connectivity index (χ4n) is 1.35. The fourth-order valence-corrected chi connectivity index (χ4v) is 1.35. The Hall–Kier alpha value is -1.63. The molecule has 16 heavy (non-hydrogen) atoms. The Morgan fingerprint density at radius 3 is 2.19 bits per heavy atom. The van der Waals surface area contributed by atoms with Crippen LogP contribution in [0.3, 0.4) is 0 Å². The summed E-state index contributed by atoms with van der Waals surface area (Å²) in [5, 5.41) is 18.7. The van der Waals surface area contributed by atoms with Gasteiger partial charge < -0.3 is 14.7 Å². The molecule has 0 spiro atoms. The molecule has 6 nitrogen and oxygen atoms in total. The Bertz CT molecular complexity index is 402. The molecule has 0 bridgehead atoms. The maximum absolute atomic E-state index is 11.3. The van der Waals surface area contributed by atoms with Crippen molar-refractivity contribution in [1.29, 1.82) is 0 Å². The minimum Gasteiger partial charge on any atom is -0.595 e. The van der Waals surface area contributed by atoms with Gasteiger partial charge >= 0.3 is 0 Å².